The van der Waals surface area contributed by atoms with Gasteiger partial charge < -0.3 is 10.2 Å². The van der Waals surface area contributed by atoms with Gasteiger partial charge in [0.15, 0.2) is 0 Å². The molecule has 1 unspecified atom stereocenters. The maximum absolute atomic E-state index is 10.9. The van der Waals surface area contributed by atoms with Crippen LogP contribution in [-0.2, 0) is 4.79 Å². The van der Waals surface area contributed by atoms with Crippen molar-refractivity contribution in [2.75, 3.05) is 19.6 Å². The van der Waals surface area contributed by atoms with Crippen molar-refractivity contribution < 1.29 is 4.79 Å². The van der Waals surface area contributed by atoms with Crippen LogP contribution < -0.4 is 5.32 Å². The molecule has 1 amide bonds. The summed E-state index contributed by atoms with van der Waals surface area (Å²) in [4.78, 5) is 16.9. The largest absolute Gasteiger partial charge is 0.338 e. The van der Waals surface area contributed by atoms with E-state index in [4.69, 9.17) is 0 Å². The van der Waals surface area contributed by atoms with Crippen molar-refractivity contribution in [3.05, 3.63) is 29.8 Å². The van der Waals surface area contributed by atoms with Gasteiger partial charge in [-0.05, 0) is 19.1 Å². The predicted octanol–water partition coefficient (Wildman–Crippen LogP) is 2.12. The highest BCUT2D eigenvalue weighted by molar-refractivity contribution is 7.16. The lowest BCUT2D eigenvalue weighted by Crippen LogP contribution is -2.51. The molecule has 1 aromatic carbocycles. The summed E-state index contributed by atoms with van der Waals surface area (Å²) in [5.41, 5.74) is 2.97. The van der Waals surface area contributed by atoms with E-state index in [-0.39, 0.29) is 5.91 Å². The van der Waals surface area contributed by atoms with E-state index in [9.17, 15) is 4.79 Å². The molecule has 2 aromatic rings. The van der Waals surface area contributed by atoms with Gasteiger partial charge in [0, 0.05) is 32.6 Å². The van der Waals surface area contributed by atoms with Gasteiger partial charge in [-0.2, -0.15) is 0 Å². The molecular weight excluding hydrogens is 258 g/mol. The molecule has 4 nitrogen and oxygen atoms in total. The van der Waals surface area contributed by atoms with Crippen LogP contribution in [0.15, 0.2) is 29.8 Å². The molecule has 1 atom stereocenters. The fourth-order valence-electron chi connectivity index (χ4n) is 2.11. The summed E-state index contributed by atoms with van der Waals surface area (Å²) in [6.45, 7) is 6.41. The number of fused-ring (bicyclic) bond motifs is 1. The monoisotopic (exact) mass is 277 g/mol. The summed E-state index contributed by atoms with van der Waals surface area (Å²) >= 11 is 1.68. The van der Waals surface area contributed by atoms with Crippen LogP contribution in [-0.4, -0.2) is 41.5 Å². The zero-order valence-corrected chi connectivity index (χ0v) is 12.1. The van der Waals surface area contributed by atoms with Crippen molar-refractivity contribution in [2.24, 2.45) is 0 Å². The second-order valence-corrected chi connectivity index (χ2v) is 5.47. The van der Waals surface area contributed by atoms with Gasteiger partial charge in [0.2, 0.25) is 5.91 Å². The van der Waals surface area contributed by atoms with Gasteiger partial charge in [-0.3, -0.25) is 4.79 Å². The van der Waals surface area contributed by atoms with Crippen LogP contribution in [0.3, 0.4) is 0 Å². The number of carbonyl (C=O) groups is 1. The predicted molar refractivity (Wildman–Crippen MR) is 79.3 cm³/mol. The quantitative estimate of drug-likeness (QED) is 0.802. The van der Waals surface area contributed by atoms with E-state index in [1.807, 2.05) is 28.6 Å². The molecule has 3 rings (SSSR count). The first-order valence-electron chi connectivity index (χ1n) is 6.44. The molecule has 19 heavy (non-hydrogen) atoms. The van der Waals surface area contributed by atoms with E-state index >= 15 is 0 Å². The highest BCUT2D eigenvalue weighted by Gasteiger charge is 2.18. The van der Waals surface area contributed by atoms with Gasteiger partial charge in [0.25, 0.3) is 0 Å². The summed E-state index contributed by atoms with van der Waals surface area (Å²) < 4.78 is 1.26. The molecule has 0 radical (unpaired) electrons. The number of benzene rings is 1. The molecule has 0 saturated carbocycles. The van der Waals surface area contributed by atoms with Gasteiger partial charge >= 0.3 is 0 Å². The number of amides is 1. The minimum atomic E-state index is 0.189. The summed E-state index contributed by atoms with van der Waals surface area (Å²) in [6, 6.07) is 8.49. The molecule has 2 heterocycles. The first kappa shape index (κ1) is 14.0. The highest BCUT2D eigenvalue weighted by Crippen LogP contribution is 2.15. The van der Waals surface area contributed by atoms with Gasteiger partial charge in [-0.25, -0.2) is 4.98 Å². The fraction of sp³-hybridized carbons (Fsp3) is 0.429. The highest BCUT2D eigenvalue weighted by atomic mass is 32.1. The number of para-hydroxylation sites is 1. The molecular formula is C14H19N3OS. The average molecular weight is 277 g/mol. The lowest BCUT2D eigenvalue weighted by molar-refractivity contribution is -0.131. The summed E-state index contributed by atoms with van der Waals surface area (Å²) in [7, 11) is 0. The Balaban J connectivity index is 0.000000141. The van der Waals surface area contributed by atoms with E-state index < -0.39 is 0 Å². The van der Waals surface area contributed by atoms with Gasteiger partial charge in [-0.1, -0.05) is 12.1 Å². The Hall–Kier alpha value is -1.46. The smallest absolute Gasteiger partial charge is 0.219 e. The Morgan fingerprint density at radius 3 is 2.89 bits per heavy atom. The molecule has 1 aliphatic heterocycles. The van der Waals surface area contributed by atoms with E-state index in [1.54, 1.807) is 18.3 Å². The zero-order chi connectivity index (χ0) is 13.7. The van der Waals surface area contributed by atoms with Crippen molar-refractivity contribution in [2.45, 2.75) is 19.9 Å². The van der Waals surface area contributed by atoms with Crippen LogP contribution in [0.25, 0.3) is 10.2 Å². The molecule has 1 saturated heterocycles. The Kier molecular flexibility index (Phi) is 4.87. The third kappa shape index (κ3) is 3.75. The zero-order valence-electron chi connectivity index (χ0n) is 11.3. The van der Waals surface area contributed by atoms with E-state index in [0.717, 1.165) is 25.2 Å². The first-order chi connectivity index (χ1) is 9.18. The molecule has 0 bridgehead atoms. The third-order valence-corrected chi connectivity index (χ3v) is 3.95. The van der Waals surface area contributed by atoms with Crippen LogP contribution in [0.2, 0.25) is 0 Å². The standard InChI is InChI=1S/C7H14N2O.C7H5NS/c1-6-5-8-3-4-9(6)7(2)10;1-2-4-7-6(3-1)8-5-9-7/h6,8H,3-5H2,1-2H3;1-5H. The maximum Gasteiger partial charge on any atom is 0.219 e. The topological polar surface area (TPSA) is 45.2 Å². The number of thiazole rings is 1. The Morgan fingerprint density at radius 1 is 1.47 bits per heavy atom. The number of carbonyl (C=O) groups excluding carboxylic acids is 1. The number of nitrogens with one attached hydrogen (secondary N) is 1. The Bertz CT molecular complexity index is 510. The van der Waals surface area contributed by atoms with Crippen LogP contribution in [0.4, 0.5) is 0 Å². The van der Waals surface area contributed by atoms with E-state index in [1.165, 1.54) is 4.70 Å². The Labute approximate surface area is 117 Å². The number of aromatic nitrogens is 1. The SMILES string of the molecule is CC(=O)N1CCNCC1C.c1ccc2scnc2c1. The van der Waals surface area contributed by atoms with Crippen molar-refractivity contribution in [1.82, 2.24) is 15.2 Å². The van der Waals surface area contributed by atoms with Crippen LogP contribution >= 0.6 is 11.3 Å². The van der Waals surface area contributed by atoms with Crippen LogP contribution in [0.5, 0.6) is 0 Å². The van der Waals surface area contributed by atoms with Crippen molar-refractivity contribution >= 4 is 27.5 Å². The third-order valence-electron chi connectivity index (χ3n) is 3.14. The van der Waals surface area contributed by atoms with Gasteiger partial charge in [-0.15, -0.1) is 11.3 Å². The molecule has 0 spiro atoms. The van der Waals surface area contributed by atoms with Crippen LogP contribution in [0, 0.1) is 0 Å². The molecule has 1 N–H and O–H groups in total. The summed E-state index contributed by atoms with van der Waals surface area (Å²) in [6.07, 6.45) is 0. The lowest BCUT2D eigenvalue weighted by Gasteiger charge is -2.32. The second-order valence-electron chi connectivity index (χ2n) is 4.59. The van der Waals surface area contributed by atoms with E-state index in [2.05, 4.69) is 23.3 Å². The van der Waals surface area contributed by atoms with Crippen molar-refractivity contribution in [3.63, 3.8) is 0 Å². The lowest BCUT2D eigenvalue weighted by atomic mass is 10.2. The second kappa shape index (κ2) is 6.63. The summed E-state index contributed by atoms with van der Waals surface area (Å²) in [5, 5.41) is 3.23. The molecule has 0 aliphatic carbocycles. The van der Waals surface area contributed by atoms with Gasteiger partial charge in [0.1, 0.15) is 0 Å². The number of rotatable bonds is 0. The fourth-order valence-corrected chi connectivity index (χ4v) is 2.79. The molecule has 102 valence electrons. The molecule has 5 heteroatoms. The number of hydrogen-bond acceptors (Lipinski definition) is 4. The Morgan fingerprint density at radius 2 is 2.26 bits per heavy atom. The maximum atomic E-state index is 10.9. The average Bonchev–Trinajstić information content (AvgIpc) is 2.88. The van der Waals surface area contributed by atoms with E-state index in [0.29, 0.717) is 6.04 Å². The molecule has 1 aromatic heterocycles. The number of hydrogen-bond donors (Lipinski definition) is 1. The summed E-state index contributed by atoms with van der Waals surface area (Å²) in [5.74, 6) is 0.189. The number of nitrogens with zero attached hydrogens (tertiary/aromatic N) is 2. The van der Waals surface area contributed by atoms with Crippen molar-refractivity contribution in [1.29, 1.82) is 0 Å². The normalized spacial score (nSPS) is 18.8. The minimum Gasteiger partial charge on any atom is -0.338 e. The van der Waals surface area contributed by atoms with Crippen molar-refractivity contribution in [3.8, 4) is 0 Å². The van der Waals surface area contributed by atoms with Crippen LogP contribution in [0.1, 0.15) is 13.8 Å². The first-order valence-corrected chi connectivity index (χ1v) is 7.32. The number of piperazine rings is 1. The molecule has 1 fully saturated rings. The van der Waals surface area contributed by atoms with Gasteiger partial charge in [0.05, 0.1) is 15.7 Å². The minimum absolute atomic E-state index is 0.189. The molecule has 1 aliphatic rings.